The van der Waals surface area contributed by atoms with Crippen molar-refractivity contribution in [1.29, 1.82) is 0 Å². The summed E-state index contributed by atoms with van der Waals surface area (Å²) >= 11 is 7.55. The zero-order chi connectivity index (χ0) is 21.1. The van der Waals surface area contributed by atoms with Crippen molar-refractivity contribution in [3.05, 3.63) is 0 Å². The summed E-state index contributed by atoms with van der Waals surface area (Å²) in [5.41, 5.74) is 0. The number of thioether (sulfide) groups is 1. The van der Waals surface area contributed by atoms with Crippen molar-refractivity contribution in [3.8, 4) is 0 Å². The Morgan fingerprint density at radius 2 is 2.03 bits per heavy atom. The van der Waals surface area contributed by atoms with E-state index in [0.717, 1.165) is 23.3 Å². The number of aliphatic hydroxyl groups excluding tert-OH is 2. The molecule has 3 aliphatic heterocycles. The van der Waals surface area contributed by atoms with E-state index in [1.807, 2.05) is 6.92 Å². The van der Waals surface area contributed by atoms with Gasteiger partial charge in [0.15, 0.2) is 0 Å². The summed E-state index contributed by atoms with van der Waals surface area (Å²) in [6.45, 7) is 6.38. The standard InChI is InChI=1S/C21H35N2O3S2.In.2H/c1-3-5-6-7-8-9-11-22-12-10-14(13-22)18-17(21(26)27)23-19(25)16(15(24)4-2)20(23)28-18;;;/h11,14-18,20,24H,3-10,12-13H2,1-2H3,(H,26,27);;;/t14?,15-,16+,17?,18?,20+;;;/m0.../s1. The van der Waals surface area contributed by atoms with Crippen LogP contribution in [0.5, 0.6) is 0 Å². The molecule has 3 rings (SSSR count). The van der Waals surface area contributed by atoms with Gasteiger partial charge in [0.05, 0.1) is 0 Å². The van der Waals surface area contributed by atoms with Crippen LogP contribution in [-0.2, 0) is 4.79 Å². The number of hydrogen-bond acceptors (Lipinski definition) is 5. The van der Waals surface area contributed by atoms with Crippen molar-refractivity contribution < 1.29 is 15.0 Å². The third-order valence-electron chi connectivity index (χ3n) is 7.18. The van der Waals surface area contributed by atoms with Gasteiger partial charge in [-0.05, 0) is 0 Å². The van der Waals surface area contributed by atoms with Gasteiger partial charge in [0.1, 0.15) is 0 Å². The van der Waals surface area contributed by atoms with Crippen LogP contribution in [0, 0.1) is 11.8 Å². The van der Waals surface area contributed by atoms with Crippen LogP contribution in [0.3, 0.4) is 0 Å². The molecule has 29 heavy (non-hydrogen) atoms. The fourth-order valence-corrected chi connectivity index (χ4v) is 10.2. The molecular weight excluding hydrogens is 507 g/mol. The first kappa shape index (κ1) is 24.1. The number of likely N-dealkylation sites (tertiary alicyclic amines) is 1. The van der Waals surface area contributed by atoms with Crippen LogP contribution in [0.15, 0.2) is 0 Å². The van der Waals surface area contributed by atoms with Gasteiger partial charge in [0.25, 0.3) is 0 Å². The van der Waals surface area contributed by atoms with Gasteiger partial charge in [-0.3, -0.25) is 0 Å². The molecular formula is C21H37InN2O3S2. The van der Waals surface area contributed by atoms with E-state index in [1.54, 1.807) is 16.7 Å². The van der Waals surface area contributed by atoms with Gasteiger partial charge in [0, 0.05) is 0 Å². The predicted molar refractivity (Wildman–Crippen MR) is 126 cm³/mol. The Kier molecular flexibility index (Phi) is 9.06. The van der Waals surface area contributed by atoms with Crippen molar-refractivity contribution in [3.63, 3.8) is 0 Å². The fourth-order valence-electron chi connectivity index (χ4n) is 5.30. The zero-order valence-electron chi connectivity index (χ0n) is 18.1. The number of thiocarbonyl (C=S) groups is 1. The van der Waals surface area contributed by atoms with Gasteiger partial charge >= 0.3 is 201 Å². The van der Waals surface area contributed by atoms with Crippen LogP contribution >= 0.6 is 24.0 Å². The van der Waals surface area contributed by atoms with E-state index in [9.17, 15) is 15.0 Å². The number of carbonyl (C=O) groups excluding carboxylic acids is 1. The molecule has 5 nitrogen and oxygen atoms in total. The summed E-state index contributed by atoms with van der Waals surface area (Å²) < 4.78 is 0.794. The van der Waals surface area contributed by atoms with Crippen molar-refractivity contribution in [1.82, 2.24) is 9.80 Å². The number of β-lactam (4-membered cyclic amide) rings is 1. The predicted octanol–water partition coefficient (Wildman–Crippen LogP) is 2.55. The summed E-state index contributed by atoms with van der Waals surface area (Å²) in [5, 5.41) is 20.6. The van der Waals surface area contributed by atoms with E-state index in [4.69, 9.17) is 12.2 Å². The van der Waals surface area contributed by atoms with Crippen LogP contribution in [0.4, 0.5) is 0 Å². The number of fused-ring (bicyclic) bond motifs is 1. The third-order valence-corrected chi connectivity index (χ3v) is 12.9. The average Bonchev–Trinajstić information content (AvgIpc) is 3.30. The molecule has 0 bridgehead atoms. The summed E-state index contributed by atoms with van der Waals surface area (Å²) in [5.74, 6) is 0.0941. The Morgan fingerprint density at radius 3 is 2.69 bits per heavy atom. The molecule has 3 aliphatic rings. The molecule has 8 heteroatoms. The van der Waals surface area contributed by atoms with Gasteiger partial charge in [-0.15, -0.1) is 0 Å². The minimum absolute atomic E-state index is 0.0261. The molecule has 0 spiro atoms. The van der Waals surface area contributed by atoms with Crippen molar-refractivity contribution in [2.75, 3.05) is 13.1 Å². The first-order chi connectivity index (χ1) is 13.9. The van der Waals surface area contributed by atoms with Crippen molar-refractivity contribution >= 4 is 59.3 Å². The third kappa shape index (κ3) is 5.12. The van der Waals surface area contributed by atoms with E-state index in [0.29, 0.717) is 36.7 Å². The topological polar surface area (TPSA) is 64.0 Å². The second kappa shape index (κ2) is 10.9. The van der Waals surface area contributed by atoms with Gasteiger partial charge in [0.2, 0.25) is 0 Å². The van der Waals surface area contributed by atoms with E-state index in [-0.39, 0.29) is 33.5 Å². The molecule has 0 aliphatic carbocycles. The number of amides is 1. The Labute approximate surface area is 199 Å². The Balaban J connectivity index is 1.56. The SMILES string of the molecule is CCCCCCC[CH]([InH2])N1CCC(C2S[C@@H]3[C@H]([C@@H](O)CC)C(=O)N3C2C(O)=S)C1. The van der Waals surface area contributed by atoms with Crippen molar-refractivity contribution in [2.24, 2.45) is 11.8 Å². The Hall–Kier alpha value is 0.500. The molecule has 164 valence electrons. The zero-order valence-corrected chi connectivity index (χ0v) is 25.5. The van der Waals surface area contributed by atoms with Gasteiger partial charge < -0.3 is 0 Å². The van der Waals surface area contributed by atoms with Crippen molar-refractivity contribution in [2.45, 2.75) is 91.8 Å². The maximum absolute atomic E-state index is 12.7. The van der Waals surface area contributed by atoms with Crippen LogP contribution < -0.4 is 0 Å². The number of nitrogens with zero attached hydrogens (tertiary/aromatic N) is 2. The molecule has 0 aromatic rings. The molecule has 0 radical (unpaired) electrons. The number of rotatable bonds is 11. The van der Waals surface area contributed by atoms with Gasteiger partial charge in [-0.2, -0.15) is 0 Å². The summed E-state index contributed by atoms with van der Waals surface area (Å²) in [7, 11) is 0. The normalized spacial score (nSPS) is 34.1. The summed E-state index contributed by atoms with van der Waals surface area (Å²) in [6, 6.07) is -0.356. The van der Waals surface area contributed by atoms with E-state index >= 15 is 0 Å². The second-order valence-electron chi connectivity index (χ2n) is 9.12. The summed E-state index contributed by atoms with van der Waals surface area (Å²) in [6.07, 6.45) is 9.18. The van der Waals surface area contributed by atoms with Gasteiger partial charge in [-0.1, -0.05) is 0 Å². The molecule has 7 atom stereocenters. The molecule has 4 unspecified atom stereocenters. The fraction of sp³-hybridized carbons (Fsp3) is 0.905. The summed E-state index contributed by atoms with van der Waals surface area (Å²) in [4.78, 5) is 17.1. The molecule has 0 saturated carbocycles. The van der Waals surface area contributed by atoms with E-state index < -0.39 is 6.10 Å². The molecule has 3 fully saturated rings. The molecule has 0 aromatic heterocycles. The van der Waals surface area contributed by atoms with Gasteiger partial charge in [-0.25, -0.2) is 0 Å². The molecule has 2 N–H and O–H groups in total. The second-order valence-corrected chi connectivity index (χ2v) is 14.6. The van der Waals surface area contributed by atoms with Crippen LogP contribution in [0.2, 0.25) is 0 Å². The van der Waals surface area contributed by atoms with E-state index in [1.165, 1.54) is 38.5 Å². The van der Waals surface area contributed by atoms with Crippen LogP contribution in [-0.4, -0.2) is 95.0 Å². The Morgan fingerprint density at radius 1 is 1.31 bits per heavy atom. The first-order valence-corrected chi connectivity index (χ1v) is 16.2. The minimum atomic E-state index is -0.593. The maximum atomic E-state index is 12.7. The molecule has 3 saturated heterocycles. The quantitative estimate of drug-likeness (QED) is 0.237. The Bertz CT molecular complexity index is 596. The number of carbonyl (C=O) groups is 1. The monoisotopic (exact) mass is 544 g/mol. The first-order valence-electron chi connectivity index (χ1n) is 11.5. The molecule has 0 aromatic carbocycles. The average molecular weight is 544 g/mol. The molecule has 3 heterocycles. The number of unbranched alkanes of at least 4 members (excludes halogenated alkanes) is 4. The van der Waals surface area contributed by atoms with Crippen LogP contribution in [0.25, 0.3) is 0 Å². The van der Waals surface area contributed by atoms with Crippen LogP contribution in [0.1, 0.15) is 65.2 Å². The van der Waals surface area contributed by atoms with E-state index in [2.05, 4.69) is 11.8 Å². The number of aliphatic hydroxyl groups is 2. The number of hydrogen-bond donors (Lipinski definition) is 2. The molecule has 1 amide bonds.